The molecule has 0 aliphatic heterocycles. The molecule has 23 heavy (non-hydrogen) atoms. The van der Waals surface area contributed by atoms with E-state index in [1.165, 1.54) is 70.6 Å². The molecule has 0 amide bonds. The fourth-order valence-electron chi connectivity index (χ4n) is 3.03. The van der Waals surface area contributed by atoms with Crippen LogP contribution >= 0.6 is 11.8 Å². The highest BCUT2D eigenvalue weighted by Gasteiger charge is 2.34. The number of hydrogen-bond donors (Lipinski definition) is 1. The van der Waals surface area contributed by atoms with Gasteiger partial charge in [0.15, 0.2) is 0 Å². The topological polar surface area (TPSA) is 37.3 Å². The van der Waals surface area contributed by atoms with Crippen molar-refractivity contribution in [3.8, 4) is 0 Å². The van der Waals surface area contributed by atoms with Gasteiger partial charge in [0.2, 0.25) is 0 Å². The van der Waals surface area contributed by atoms with Crippen LogP contribution in [0.5, 0.6) is 0 Å². The largest absolute Gasteiger partial charge is 0.480 e. The van der Waals surface area contributed by atoms with Crippen molar-refractivity contribution in [1.29, 1.82) is 0 Å². The summed E-state index contributed by atoms with van der Waals surface area (Å²) < 4.78 is -0.544. The lowest BCUT2D eigenvalue weighted by Crippen LogP contribution is -2.33. The van der Waals surface area contributed by atoms with Gasteiger partial charge in [-0.15, -0.1) is 11.8 Å². The summed E-state index contributed by atoms with van der Waals surface area (Å²) in [6.45, 7) is 6.25. The number of carboxylic acid groups (broad SMARTS) is 1. The molecule has 138 valence electrons. The first-order valence-electron chi connectivity index (χ1n) is 10.00. The molecule has 0 aliphatic rings. The van der Waals surface area contributed by atoms with E-state index < -0.39 is 10.7 Å². The van der Waals surface area contributed by atoms with E-state index in [9.17, 15) is 9.90 Å². The quantitative estimate of drug-likeness (QED) is 0.287. The predicted octanol–water partition coefficient (Wildman–Crippen LogP) is 7.06. The number of carbonyl (C=O) groups is 1. The van der Waals surface area contributed by atoms with Gasteiger partial charge in [0.1, 0.15) is 4.75 Å². The van der Waals surface area contributed by atoms with Crippen LogP contribution in [0, 0.1) is 0 Å². The highest BCUT2D eigenvalue weighted by atomic mass is 32.2. The average Bonchev–Trinajstić information content (AvgIpc) is 2.55. The van der Waals surface area contributed by atoms with Crippen molar-refractivity contribution in [2.24, 2.45) is 0 Å². The van der Waals surface area contributed by atoms with Crippen molar-refractivity contribution < 1.29 is 9.90 Å². The first-order valence-corrected chi connectivity index (χ1v) is 11.0. The van der Waals surface area contributed by atoms with Crippen LogP contribution in [0.4, 0.5) is 0 Å². The van der Waals surface area contributed by atoms with Crippen LogP contribution in [0.15, 0.2) is 0 Å². The number of thioether (sulfide) groups is 1. The van der Waals surface area contributed by atoms with Gasteiger partial charge in [0.25, 0.3) is 0 Å². The molecule has 0 saturated carbocycles. The smallest absolute Gasteiger partial charge is 0.319 e. The Kier molecular flexibility index (Phi) is 15.2. The van der Waals surface area contributed by atoms with Crippen LogP contribution in [-0.2, 0) is 4.79 Å². The molecule has 0 heterocycles. The van der Waals surface area contributed by atoms with Crippen LogP contribution in [0.3, 0.4) is 0 Å². The van der Waals surface area contributed by atoms with E-state index >= 15 is 0 Å². The van der Waals surface area contributed by atoms with E-state index in [0.717, 1.165) is 25.0 Å². The van der Waals surface area contributed by atoms with E-state index in [-0.39, 0.29) is 0 Å². The predicted molar refractivity (Wildman–Crippen MR) is 104 cm³/mol. The fraction of sp³-hybridized carbons (Fsp3) is 0.950. The lowest BCUT2D eigenvalue weighted by Gasteiger charge is -2.25. The molecule has 0 rings (SSSR count). The van der Waals surface area contributed by atoms with Crippen LogP contribution < -0.4 is 0 Å². The minimum Gasteiger partial charge on any atom is -0.480 e. The van der Waals surface area contributed by atoms with Crippen molar-refractivity contribution in [2.45, 2.75) is 115 Å². The second-order valence-corrected chi connectivity index (χ2v) is 8.22. The summed E-state index contributed by atoms with van der Waals surface area (Å²) in [6, 6.07) is 0. The Morgan fingerprint density at radius 1 is 0.739 bits per heavy atom. The third kappa shape index (κ3) is 11.1. The van der Waals surface area contributed by atoms with Gasteiger partial charge in [0, 0.05) is 0 Å². The maximum Gasteiger partial charge on any atom is 0.319 e. The van der Waals surface area contributed by atoms with Crippen molar-refractivity contribution in [2.75, 3.05) is 5.75 Å². The first kappa shape index (κ1) is 22.8. The van der Waals surface area contributed by atoms with Gasteiger partial charge in [-0.1, -0.05) is 91.4 Å². The monoisotopic (exact) mass is 344 g/mol. The molecule has 3 heteroatoms. The third-order valence-electron chi connectivity index (χ3n) is 4.91. The molecule has 0 aliphatic carbocycles. The summed E-state index contributed by atoms with van der Waals surface area (Å²) in [5, 5.41) is 9.39. The molecule has 0 fully saturated rings. The van der Waals surface area contributed by atoms with Gasteiger partial charge >= 0.3 is 5.97 Å². The molecule has 0 radical (unpaired) electrons. The Hall–Kier alpha value is -0.180. The summed E-state index contributed by atoms with van der Waals surface area (Å²) in [4.78, 5) is 11.4. The maximum atomic E-state index is 11.4. The SMILES string of the molecule is CCCCCCCCCCCCCCSC(CC)(CC)C(=O)O. The molecule has 0 aromatic rings. The van der Waals surface area contributed by atoms with Crippen molar-refractivity contribution in [3.05, 3.63) is 0 Å². The van der Waals surface area contributed by atoms with Gasteiger partial charge in [-0.3, -0.25) is 4.79 Å². The second kappa shape index (κ2) is 15.4. The van der Waals surface area contributed by atoms with Crippen LogP contribution in [0.25, 0.3) is 0 Å². The Morgan fingerprint density at radius 3 is 1.48 bits per heavy atom. The van der Waals surface area contributed by atoms with E-state index in [1.54, 1.807) is 11.8 Å². The van der Waals surface area contributed by atoms with E-state index in [1.807, 2.05) is 13.8 Å². The highest BCUT2D eigenvalue weighted by Crippen LogP contribution is 2.33. The zero-order chi connectivity index (χ0) is 17.4. The van der Waals surface area contributed by atoms with Gasteiger partial charge in [0.05, 0.1) is 0 Å². The van der Waals surface area contributed by atoms with E-state index in [2.05, 4.69) is 6.92 Å². The molecule has 2 nitrogen and oxygen atoms in total. The summed E-state index contributed by atoms with van der Waals surface area (Å²) in [6.07, 6.45) is 17.7. The third-order valence-corrected chi connectivity index (χ3v) is 6.71. The molecule has 0 bridgehead atoms. The maximum absolute atomic E-state index is 11.4. The van der Waals surface area contributed by atoms with Crippen molar-refractivity contribution >= 4 is 17.7 Å². The Bertz CT molecular complexity index is 275. The van der Waals surface area contributed by atoms with E-state index in [4.69, 9.17) is 0 Å². The molecular weight excluding hydrogens is 304 g/mol. The van der Waals surface area contributed by atoms with E-state index in [0.29, 0.717) is 0 Å². The van der Waals surface area contributed by atoms with Crippen molar-refractivity contribution in [1.82, 2.24) is 0 Å². The number of unbranched alkanes of at least 4 members (excludes halogenated alkanes) is 11. The number of rotatable bonds is 17. The average molecular weight is 345 g/mol. The lowest BCUT2D eigenvalue weighted by atomic mass is 10.0. The number of aliphatic carboxylic acids is 1. The Balaban J connectivity index is 3.41. The lowest BCUT2D eigenvalue weighted by molar-refractivity contribution is -0.140. The molecule has 1 N–H and O–H groups in total. The summed E-state index contributed by atoms with van der Waals surface area (Å²) in [5.74, 6) is 0.359. The van der Waals surface area contributed by atoms with Crippen LogP contribution in [-0.4, -0.2) is 21.6 Å². The molecule has 0 atom stereocenters. The highest BCUT2D eigenvalue weighted by molar-refractivity contribution is 8.01. The molecular formula is C20H40O2S. The van der Waals surface area contributed by atoms with Crippen LogP contribution in [0.2, 0.25) is 0 Å². The zero-order valence-corrected chi connectivity index (χ0v) is 16.7. The fourth-order valence-corrected chi connectivity index (χ4v) is 4.30. The van der Waals surface area contributed by atoms with Gasteiger partial charge in [-0.25, -0.2) is 0 Å². The van der Waals surface area contributed by atoms with Crippen molar-refractivity contribution in [3.63, 3.8) is 0 Å². The minimum absolute atomic E-state index is 0.544. The normalized spacial score (nSPS) is 11.8. The first-order chi connectivity index (χ1) is 11.1. The van der Waals surface area contributed by atoms with Gasteiger partial charge < -0.3 is 5.11 Å². The van der Waals surface area contributed by atoms with Gasteiger partial charge in [-0.2, -0.15) is 0 Å². The zero-order valence-electron chi connectivity index (χ0n) is 15.9. The number of hydrogen-bond acceptors (Lipinski definition) is 2. The Labute approximate surface area is 149 Å². The van der Waals surface area contributed by atoms with Gasteiger partial charge in [-0.05, 0) is 25.0 Å². The minimum atomic E-state index is -0.633. The summed E-state index contributed by atoms with van der Waals surface area (Å²) >= 11 is 1.66. The standard InChI is InChI=1S/C20H40O2S/c1-4-7-8-9-10-11-12-13-14-15-16-17-18-23-20(5-2,6-3)19(21)22/h4-18H2,1-3H3,(H,21,22). The Morgan fingerprint density at radius 2 is 1.13 bits per heavy atom. The molecule has 0 unspecified atom stereocenters. The molecule has 0 spiro atoms. The summed E-state index contributed by atoms with van der Waals surface area (Å²) in [5.41, 5.74) is 0. The number of carboxylic acids is 1. The molecule has 0 saturated heterocycles. The molecule has 0 aromatic carbocycles. The second-order valence-electron chi connectivity index (χ2n) is 6.74. The molecule has 0 aromatic heterocycles. The van der Waals surface area contributed by atoms with Crippen LogP contribution in [0.1, 0.15) is 111 Å². The summed E-state index contributed by atoms with van der Waals surface area (Å²) in [7, 11) is 0.